The number of nitrogens with zero attached hydrogens (tertiary/aromatic N) is 1. The standard InChI is InChI=1S/C16H24N2O/c1-3-14-6-8-15(9-7-14)13(2)17-12-16(19)18-10-4-5-11-18/h6-9,13,17H,3-5,10-12H2,1-2H3. The molecule has 1 amide bonds. The van der Waals surface area contributed by atoms with E-state index in [1.165, 1.54) is 11.1 Å². The van der Waals surface area contributed by atoms with Crippen LogP contribution in [0.5, 0.6) is 0 Å². The van der Waals surface area contributed by atoms with Crippen molar-refractivity contribution in [2.24, 2.45) is 0 Å². The summed E-state index contributed by atoms with van der Waals surface area (Å²) in [6.45, 7) is 6.57. The van der Waals surface area contributed by atoms with Crippen LogP contribution in [-0.2, 0) is 11.2 Å². The van der Waals surface area contributed by atoms with Crippen molar-refractivity contribution in [1.29, 1.82) is 0 Å². The van der Waals surface area contributed by atoms with Crippen LogP contribution in [0.15, 0.2) is 24.3 Å². The molecule has 19 heavy (non-hydrogen) atoms. The van der Waals surface area contributed by atoms with Crippen LogP contribution in [0, 0.1) is 0 Å². The van der Waals surface area contributed by atoms with E-state index < -0.39 is 0 Å². The summed E-state index contributed by atoms with van der Waals surface area (Å²) in [7, 11) is 0. The number of carbonyl (C=O) groups excluding carboxylic acids is 1. The number of benzene rings is 1. The topological polar surface area (TPSA) is 32.3 Å². The van der Waals surface area contributed by atoms with Crippen molar-refractivity contribution < 1.29 is 4.79 Å². The SMILES string of the molecule is CCc1ccc(C(C)NCC(=O)N2CCCC2)cc1. The van der Waals surface area contributed by atoms with Crippen LogP contribution in [0.4, 0.5) is 0 Å². The molecule has 1 fully saturated rings. The maximum absolute atomic E-state index is 11.9. The molecule has 0 aromatic heterocycles. The van der Waals surface area contributed by atoms with Crippen LogP contribution in [0.1, 0.15) is 43.9 Å². The molecular weight excluding hydrogens is 236 g/mol. The van der Waals surface area contributed by atoms with Gasteiger partial charge in [-0.05, 0) is 37.3 Å². The maximum Gasteiger partial charge on any atom is 0.236 e. The second-order valence-electron chi connectivity index (χ2n) is 5.29. The number of carbonyl (C=O) groups is 1. The zero-order valence-electron chi connectivity index (χ0n) is 12.0. The molecule has 2 rings (SSSR count). The zero-order chi connectivity index (χ0) is 13.7. The summed E-state index contributed by atoms with van der Waals surface area (Å²) in [5.74, 6) is 0.231. The van der Waals surface area contributed by atoms with Gasteiger partial charge >= 0.3 is 0 Å². The summed E-state index contributed by atoms with van der Waals surface area (Å²) in [6, 6.07) is 8.84. The molecule has 1 heterocycles. The lowest BCUT2D eigenvalue weighted by Gasteiger charge is -2.19. The van der Waals surface area contributed by atoms with Crippen LogP contribution < -0.4 is 5.32 Å². The molecule has 1 unspecified atom stereocenters. The number of hydrogen-bond donors (Lipinski definition) is 1. The van der Waals surface area contributed by atoms with Crippen molar-refractivity contribution in [2.45, 2.75) is 39.2 Å². The van der Waals surface area contributed by atoms with Gasteiger partial charge in [0.1, 0.15) is 0 Å². The largest absolute Gasteiger partial charge is 0.342 e. The fraction of sp³-hybridized carbons (Fsp3) is 0.562. The van der Waals surface area contributed by atoms with E-state index in [0.717, 1.165) is 32.4 Å². The highest BCUT2D eigenvalue weighted by molar-refractivity contribution is 5.78. The van der Waals surface area contributed by atoms with Gasteiger partial charge in [-0.25, -0.2) is 0 Å². The minimum Gasteiger partial charge on any atom is -0.342 e. The van der Waals surface area contributed by atoms with E-state index in [1.807, 2.05) is 4.90 Å². The Kier molecular flexibility index (Phi) is 4.97. The van der Waals surface area contributed by atoms with Crippen LogP contribution >= 0.6 is 0 Å². The molecule has 1 saturated heterocycles. The van der Waals surface area contributed by atoms with Gasteiger partial charge in [0.25, 0.3) is 0 Å². The summed E-state index contributed by atoms with van der Waals surface area (Å²) in [5, 5.41) is 3.32. The third-order valence-corrected chi connectivity index (χ3v) is 3.91. The Balaban J connectivity index is 1.82. The highest BCUT2D eigenvalue weighted by Gasteiger charge is 2.18. The fourth-order valence-electron chi connectivity index (χ4n) is 2.48. The first-order valence-electron chi connectivity index (χ1n) is 7.30. The molecule has 1 aromatic rings. The van der Waals surface area contributed by atoms with E-state index in [1.54, 1.807) is 0 Å². The van der Waals surface area contributed by atoms with E-state index in [-0.39, 0.29) is 11.9 Å². The lowest BCUT2D eigenvalue weighted by Crippen LogP contribution is -2.37. The van der Waals surface area contributed by atoms with Crippen molar-refractivity contribution in [1.82, 2.24) is 10.2 Å². The minimum atomic E-state index is 0.220. The molecule has 1 N–H and O–H groups in total. The molecular formula is C16H24N2O. The number of amides is 1. The third-order valence-electron chi connectivity index (χ3n) is 3.91. The molecule has 0 bridgehead atoms. The van der Waals surface area contributed by atoms with E-state index in [9.17, 15) is 4.79 Å². The Labute approximate surface area is 116 Å². The van der Waals surface area contributed by atoms with Gasteiger partial charge in [0.05, 0.1) is 6.54 Å². The molecule has 3 nitrogen and oxygen atoms in total. The second-order valence-corrected chi connectivity index (χ2v) is 5.29. The van der Waals surface area contributed by atoms with E-state index >= 15 is 0 Å². The first-order valence-corrected chi connectivity index (χ1v) is 7.30. The van der Waals surface area contributed by atoms with Crippen molar-refractivity contribution in [2.75, 3.05) is 19.6 Å². The Morgan fingerprint density at radius 1 is 1.26 bits per heavy atom. The molecule has 1 aliphatic rings. The van der Waals surface area contributed by atoms with Crippen molar-refractivity contribution in [3.05, 3.63) is 35.4 Å². The molecule has 0 spiro atoms. The van der Waals surface area contributed by atoms with Gasteiger partial charge in [0.2, 0.25) is 5.91 Å². The molecule has 0 aliphatic carbocycles. The molecule has 3 heteroatoms. The van der Waals surface area contributed by atoms with E-state index in [4.69, 9.17) is 0 Å². The maximum atomic E-state index is 11.9. The minimum absolute atomic E-state index is 0.220. The summed E-state index contributed by atoms with van der Waals surface area (Å²) in [4.78, 5) is 13.9. The first-order chi connectivity index (χ1) is 9.20. The highest BCUT2D eigenvalue weighted by Crippen LogP contribution is 2.14. The van der Waals surface area contributed by atoms with Gasteiger partial charge in [-0.15, -0.1) is 0 Å². The van der Waals surface area contributed by atoms with Crippen LogP contribution in [0.25, 0.3) is 0 Å². The van der Waals surface area contributed by atoms with E-state index in [0.29, 0.717) is 6.54 Å². The monoisotopic (exact) mass is 260 g/mol. The Morgan fingerprint density at radius 3 is 2.47 bits per heavy atom. The van der Waals surface area contributed by atoms with Crippen LogP contribution in [0.3, 0.4) is 0 Å². The van der Waals surface area contributed by atoms with Crippen molar-refractivity contribution in [3.63, 3.8) is 0 Å². The molecule has 1 aromatic carbocycles. The lowest BCUT2D eigenvalue weighted by molar-refractivity contribution is -0.129. The van der Waals surface area contributed by atoms with Gasteiger partial charge in [-0.2, -0.15) is 0 Å². The molecule has 1 aliphatic heterocycles. The number of likely N-dealkylation sites (tertiary alicyclic amines) is 1. The Hall–Kier alpha value is -1.35. The molecule has 1 atom stereocenters. The summed E-state index contributed by atoms with van der Waals surface area (Å²) in [6.07, 6.45) is 3.37. The number of hydrogen-bond acceptors (Lipinski definition) is 2. The van der Waals surface area contributed by atoms with E-state index in [2.05, 4.69) is 43.4 Å². The van der Waals surface area contributed by atoms with Crippen molar-refractivity contribution in [3.8, 4) is 0 Å². The van der Waals surface area contributed by atoms with Gasteiger partial charge in [-0.3, -0.25) is 4.79 Å². The molecule has 0 saturated carbocycles. The second kappa shape index (κ2) is 6.71. The third kappa shape index (κ3) is 3.80. The van der Waals surface area contributed by atoms with Gasteiger partial charge in [-0.1, -0.05) is 31.2 Å². The Bertz CT molecular complexity index is 407. The quantitative estimate of drug-likeness (QED) is 0.882. The average Bonchev–Trinajstić information content (AvgIpc) is 2.98. The highest BCUT2D eigenvalue weighted by atomic mass is 16.2. The number of nitrogens with one attached hydrogen (secondary N) is 1. The Morgan fingerprint density at radius 2 is 1.89 bits per heavy atom. The average molecular weight is 260 g/mol. The molecule has 0 radical (unpaired) electrons. The number of rotatable bonds is 5. The summed E-state index contributed by atoms with van der Waals surface area (Å²) in [5.41, 5.74) is 2.59. The molecule has 104 valence electrons. The van der Waals surface area contributed by atoms with Crippen LogP contribution in [-0.4, -0.2) is 30.4 Å². The van der Waals surface area contributed by atoms with Gasteiger partial charge in [0.15, 0.2) is 0 Å². The van der Waals surface area contributed by atoms with Gasteiger partial charge < -0.3 is 10.2 Å². The smallest absolute Gasteiger partial charge is 0.236 e. The first kappa shape index (κ1) is 14.1. The number of aryl methyl sites for hydroxylation is 1. The summed E-state index contributed by atoms with van der Waals surface area (Å²) < 4.78 is 0. The van der Waals surface area contributed by atoms with Crippen LogP contribution in [0.2, 0.25) is 0 Å². The predicted octanol–water partition coefficient (Wildman–Crippen LogP) is 2.52. The zero-order valence-corrected chi connectivity index (χ0v) is 12.0. The lowest BCUT2D eigenvalue weighted by atomic mass is 10.1. The predicted molar refractivity (Wildman–Crippen MR) is 78.1 cm³/mol. The van der Waals surface area contributed by atoms with Crippen molar-refractivity contribution >= 4 is 5.91 Å². The summed E-state index contributed by atoms with van der Waals surface area (Å²) >= 11 is 0. The fourth-order valence-corrected chi connectivity index (χ4v) is 2.48. The van der Waals surface area contributed by atoms with Gasteiger partial charge in [0, 0.05) is 19.1 Å². The normalized spacial score (nSPS) is 16.6.